The van der Waals surface area contributed by atoms with E-state index in [4.69, 9.17) is 23.7 Å². The first-order chi connectivity index (χ1) is 20.6. The Morgan fingerprint density at radius 1 is 1.00 bits per heavy atom. The van der Waals surface area contributed by atoms with Crippen LogP contribution in [0.4, 0.5) is 0 Å². The lowest BCUT2D eigenvalue weighted by atomic mass is 9.42. The third-order valence-electron chi connectivity index (χ3n) is 12.9. The molecule has 1 unspecified atom stereocenters. The number of nitrogens with zero attached hydrogens (tertiary/aromatic N) is 1. The van der Waals surface area contributed by atoms with Crippen LogP contribution in [0, 0.1) is 34.5 Å². The van der Waals surface area contributed by atoms with Crippen LogP contribution in [0.15, 0.2) is 30.3 Å². The van der Waals surface area contributed by atoms with Crippen molar-refractivity contribution in [2.24, 2.45) is 34.5 Å². The van der Waals surface area contributed by atoms with E-state index in [1.54, 1.807) is 51.7 Å². The van der Waals surface area contributed by atoms with Gasteiger partial charge < -0.3 is 44.1 Å². The van der Waals surface area contributed by atoms with Crippen LogP contribution >= 0.6 is 0 Å². The number of ether oxygens (including phenoxy) is 5. The van der Waals surface area contributed by atoms with Crippen molar-refractivity contribution in [3.8, 4) is 0 Å². The van der Waals surface area contributed by atoms with Gasteiger partial charge in [-0.3, -0.25) is 4.90 Å². The Morgan fingerprint density at radius 2 is 1.72 bits per heavy atom. The minimum Gasteiger partial charge on any atom is -0.455 e. The molecule has 1 spiro atoms. The molecule has 5 saturated carbocycles. The van der Waals surface area contributed by atoms with Crippen molar-refractivity contribution < 1.29 is 48.9 Å². The molecule has 1 aliphatic heterocycles. The van der Waals surface area contributed by atoms with Gasteiger partial charge in [0.1, 0.15) is 29.5 Å². The van der Waals surface area contributed by atoms with Crippen molar-refractivity contribution in [2.75, 3.05) is 48.1 Å². The number of aliphatic hydroxyl groups excluding tert-OH is 2. The van der Waals surface area contributed by atoms with Crippen molar-refractivity contribution in [3.63, 3.8) is 0 Å². The van der Waals surface area contributed by atoms with Crippen LogP contribution in [0.5, 0.6) is 0 Å². The summed E-state index contributed by atoms with van der Waals surface area (Å²) in [4.78, 5) is 15.8. The fourth-order valence-corrected chi connectivity index (χ4v) is 11.9. The van der Waals surface area contributed by atoms with Crippen LogP contribution in [-0.2, 0) is 23.7 Å². The molecule has 0 aromatic heterocycles. The Morgan fingerprint density at radius 3 is 2.33 bits per heavy atom. The van der Waals surface area contributed by atoms with E-state index >= 15 is 0 Å². The third-order valence-corrected chi connectivity index (χ3v) is 12.9. The van der Waals surface area contributed by atoms with E-state index in [0.717, 1.165) is 0 Å². The minimum absolute atomic E-state index is 0.106. The minimum atomic E-state index is -1.86. The number of methoxy groups -OCH3 is 4. The van der Waals surface area contributed by atoms with Gasteiger partial charge in [-0.05, 0) is 31.0 Å². The predicted octanol–water partition coefficient (Wildman–Crippen LogP) is 0.0773. The Bertz CT molecular complexity index is 1250. The fourth-order valence-electron chi connectivity index (χ4n) is 11.9. The summed E-state index contributed by atoms with van der Waals surface area (Å²) in [6.07, 6.45) is -5.27. The predicted molar refractivity (Wildman–Crippen MR) is 151 cm³/mol. The second-order valence-corrected chi connectivity index (χ2v) is 13.9. The highest BCUT2D eigenvalue weighted by Gasteiger charge is 2.91. The number of fused-ring (bicyclic) bond motifs is 2. The molecule has 11 nitrogen and oxygen atoms in total. The number of carbonyl (C=O) groups is 1. The van der Waals surface area contributed by atoms with Gasteiger partial charge in [-0.2, -0.15) is 0 Å². The molecule has 6 aliphatic rings. The van der Waals surface area contributed by atoms with Crippen molar-refractivity contribution in [3.05, 3.63) is 35.9 Å². The molecule has 43 heavy (non-hydrogen) atoms. The third kappa shape index (κ3) is 3.28. The van der Waals surface area contributed by atoms with Crippen molar-refractivity contribution in [1.29, 1.82) is 0 Å². The quantitative estimate of drug-likeness (QED) is 0.300. The van der Waals surface area contributed by atoms with E-state index in [1.165, 1.54) is 7.11 Å². The lowest BCUT2D eigenvalue weighted by molar-refractivity contribution is -0.320. The maximum atomic E-state index is 13.6. The Kier molecular flexibility index (Phi) is 6.92. The van der Waals surface area contributed by atoms with Gasteiger partial charge in [-0.15, -0.1) is 0 Å². The summed E-state index contributed by atoms with van der Waals surface area (Å²) in [6.45, 7) is 3.46. The highest BCUT2D eigenvalue weighted by atomic mass is 16.6. The molecule has 1 saturated heterocycles. The SMILES string of the molecule is CCN1C[C@@]2(COC)[C@@H](O)C[C@@H](OC)[C@@]34[C@@H]1C([C@@H](OC)[C@@H]23)[C@@]1(O)[C@@H]2[C@H](OC(=O)c3ccccc3)[C@@](O)(C[C@@H]24)[C@H](OC)[C@H]1O. The summed E-state index contributed by atoms with van der Waals surface area (Å²) in [6, 6.07) is 8.25. The number of carbonyl (C=O) groups excluding carboxylic acids is 1. The maximum Gasteiger partial charge on any atom is 0.338 e. The second kappa shape index (κ2) is 9.91. The number of aliphatic hydroxyl groups is 4. The number of esters is 1. The van der Waals surface area contributed by atoms with Gasteiger partial charge in [0.2, 0.25) is 0 Å². The first-order valence-electron chi connectivity index (χ1n) is 15.5. The topological polar surface area (TPSA) is 147 Å². The summed E-state index contributed by atoms with van der Waals surface area (Å²) in [5, 5.41) is 49.7. The molecule has 0 radical (unpaired) electrons. The zero-order valence-corrected chi connectivity index (χ0v) is 25.5. The number of hydrogen-bond donors (Lipinski definition) is 4. The Labute approximate surface area is 252 Å². The van der Waals surface area contributed by atoms with E-state index in [-0.39, 0.29) is 25.0 Å². The molecule has 1 heterocycles. The van der Waals surface area contributed by atoms with E-state index in [9.17, 15) is 25.2 Å². The Hall–Kier alpha value is -1.67. The molecule has 1 aromatic carbocycles. The average molecular weight is 604 g/mol. The number of piperidine rings is 1. The van der Waals surface area contributed by atoms with Crippen LogP contribution < -0.4 is 0 Å². The van der Waals surface area contributed by atoms with E-state index in [2.05, 4.69) is 11.8 Å². The lowest BCUT2D eigenvalue weighted by Crippen LogP contribution is -2.81. The summed E-state index contributed by atoms with van der Waals surface area (Å²) in [5.41, 5.74) is -4.81. The highest BCUT2D eigenvalue weighted by molar-refractivity contribution is 5.89. The van der Waals surface area contributed by atoms with E-state index < -0.39 is 82.4 Å². The summed E-state index contributed by atoms with van der Waals surface area (Å²) >= 11 is 0. The molecule has 7 rings (SSSR count). The largest absolute Gasteiger partial charge is 0.455 e. The van der Waals surface area contributed by atoms with E-state index in [1.807, 2.05) is 0 Å². The highest BCUT2D eigenvalue weighted by Crippen LogP contribution is 2.80. The molecule has 238 valence electrons. The van der Waals surface area contributed by atoms with Gasteiger partial charge in [0.05, 0.1) is 30.5 Å². The normalized spacial score (nSPS) is 52.7. The Balaban J connectivity index is 1.48. The van der Waals surface area contributed by atoms with Crippen molar-refractivity contribution in [2.45, 2.75) is 73.6 Å². The number of benzene rings is 1. The lowest BCUT2D eigenvalue weighted by Gasteiger charge is -2.70. The molecule has 15 atom stereocenters. The zero-order chi connectivity index (χ0) is 30.7. The van der Waals surface area contributed by atoms with Crippen LogP contribution in [0.3, 0.4) is 0 Å². The zero-order valence-electron chi connectivity index (χ0n) is 25.5. The molecule has 5 aliphatic carbocycles. The monoisotopic (exact) mass is 603 g/mol. The van der Waals surface area contributed by atoms with Crippen LogP contribution in [0.1, 0.15) is 30.1 Å². The number of hydrogen-bond acceptors (Lipinski definition) is 11. The molecule has 0 amide bonds. The molecule has 7 bridgehead atoms. The molecule has 6 fully saturated rings. The summed E-state index contributed by atoms with van der Waals surface area (Å²) in [7, 11) is 6.29. The molecule has 4 N–H and O–H groups in total. The number of likely N-dealkylation sites (tertiary alicyclic amines) is 1. The molecular weight excluding hydrogens is 558 g/mol. The van der Waals surface area contributed by atoms with Gasteiger partial charge in [0.25, 0.3) is 0 Å². The van der Waals surface area contributed by atoms with Gasteiger partial charge >= 0.3 is 5.97 Å². The fraction of sp³-hybridized carbons (Fsp3) is 0.781. The maximum absolute atomic E-state index is 13.6. The number of rotatable bonds is 8. The van der Waals surface area contributed by atoms with Crippen LogP contribution in [0.25, 0.3) is 0 Å². The van der Waals surface area contributed by atoms with Crippen LogP contribution in [-0.4, -0.2) is 133 Å². The molecule has 11 heteroatoms. The average Bonchev–Trinajstić information content (AvgIpc) is 3.39. The van der Waals surface area contributed by atoms with Gasteiger partial charge in [0.15, 0.2) is 0 Å². The van der Waals surface area contributed by atoms with Crippen molar-refractivity contribution >= 4 is 5.97 Å². The summed E-state index contributed by atoms with van der Waals surface area (Å²) < 4.78 is 30.5. The standard InChI is InChI=1S/C32H45NO10/c1-6-33-14-29(15-39-2)18(34)12-19(40-3)31-17-13-30(37)26(43-28(36)16-10-8-7-9-11-16)20(17)32(38,25(35)27(30)42-5)21(24(31)33)22(41-4)23(29)31/h7-11,17-27,34-35,37-38H,6,12-15H2,1-5H3/t17-,18-,19+,20-,21?,22+,23-,24-,25+,26-,27+,29+,30-,31+,32-/m0/s1. The molecular formula is C32H45NO10. The van der Waals surface area contributed by atoms with Gasteiger partial charge in [0, 0.05) is 76.0 Å². The molecule has 1 aromatic rings. The van der Waals surface area contributed by atoms with E-state index in [0.29, 0.717) is 25.1 Å². The second-order valence-electron chi connectivity index (χ2n) is 13.9. The van der Waals surface area contributed by atoms with Crippen molar-refractivity contribution in [1.82, 2.24) is 4.90 Å². The first-order valence-corrected chi connectivity index (χ1v) is 15.5. The van der Waals surface area contributed by atoms with Gasteiger partial charge in [-0.1, -0.05) is 25.1 Å². The van der Waals surface area contributed by atoms with Crippen LogP contribution in [0.2, 0.25) is 0 Å². The van der Waals surface area contributed by atoms with Gasteiger partial charge in [-0.25, -0.2) is 4.79 Å². The first kappa shape index (κ1) is 30.0. The summed E-state index contributed by atoms with van der Waals surface area (Å²) in [5.74, 6) is -2.94. The smallest absolute Gasteiger partial charge is 0.338 e.